The molecule has 2 saturated heterocycles. The fourth-order valence-electron chi connectivity index (χ4n) is 2.45. The fourth-order valence-corrected chi connectivity index (χ4v) is 6.68. The van der Waals surface area contributed by atoms with Crippen molar-refractivity contribution in [1.82, 2.24) is 4.31 Å². The van der Waals surface area contributed by atoms with Gasteiger partial charge in [0.05, 0.1) is 36.0 Å². The van der Waals surface area contributed by atoms with Gasteiger partial charge in [-0.2, -0.15) is 4.31 Å². The molecule has 0 radical (unpaired) electrons. The van der Waals surface area contributed by atoms with Crippen molar-refractivity contribution in [3.05, 3.63) is 0 Å². The largest absolute Gasteiger partial charge is 0.378 e. The third-order valence-corrected chi connectivity index (χ3v) is 8.12. The van der Waals surface area contributed by atoms with E-state index in [1.165, 1.54) is 4.31 Å². The number of sulfonamides is 1. The molecule has 9 heteroatoms. The average Bonchev–Trinajstić information content (AvgIpc) is 2.38. The number of nitrogens with zero attached hydrogens (tertiary/aromatic N) is 1. The van der Waals surface area contributed by atoms with Crippen molar-refractivity contribution in [2.45, 2.75) is 24.1 Å². The Labute approximate surface area is 119 Å². The quantitative estimate of drug-likeness (QED) is 0.671. The maximum absolute atomic E-state index is 12.5. The van der Waals surface area contributed by atoms with Crippen LogP contribution in [-0.4, -0.2) is 69.6 Å². The molecule has 112 valence electrons. The van der Waals surface area contributed by atoms with Gasteiger partial charge in [-0.15, -0.1) is 11.6 Å². The van der Waals surface area contributed by atoms with Gasteiger partial charge in [0.2, 0.25) is 10.0 Å². The number of hydrogen-bond acceptors (Lipinski definition) is 5. The number of halogens is 1. The summed E-state index contributed by atoms with van der Waals surface area (Å²) >= 11 is 5.78. The number of alkyl halides is 1. The molecule has 0 amide bonds. The van der Waals surface area contributed by atoms with Gasteiger partial charge in [0.15, 0.2) is 0 Å². The fraction of sp³-hybridized carbons (Fsp3) is 1.00. The zero-order valence-corrected chi connectivity index (χ0v) is 12.9. The molecule has 6 nitrogen and oxygen atoms in total. The molecule has 0 saturated carbocycles. The Balaban J connectivity index is 2.13. The second-order valence-electron chi connectivity index (χ2n) is 4.89. The van der Waals surface area contributed by atoms with Crippen LogP contribution in [0.5, 0.6) is 0 Å². The molecule has 0 aromatic heterocycles. The maximum atomic E-state index is 12.5. The minimum absolute atomic E-state index is 0.0488. The highest BCUT2D eigenvalue weighted by Crippen LogP contribution is 2.25. The summed E-state index contributed by atoms with van der Waals surface area (Å²) in [6.07, 6.45) is 0.355. The number of rotatable bonds is 3. The van der Waals surface area contributed by atoms with Crippen LogP contribution in [-0.2, 0) is 24.6 Å². The molecule has 2 rings (SSSR count). The van der Waals surface area contributed by atoms with E-state index < -0.39 is 25.1 Å². The molecular weight excluding hydrogens is 314 g/mol. The van der Waals surface area contributed by atoms with Crippen molar-refractivity contribution in [3.63, 3.8) is 0 Å². The summed E-state index contributed by atoms with van der Waals surface area (Å²) in [5.74, 6) is 0.0871. The number of ether oxygens (including phenoxy) is 1. The molecule has 0 aliphatic carbocycles. The molecule has 2 aliphatic heterocycles. The van der Waals surface area contributed by atoms with Crippen molar-refractivity contribution in [1.29, 1.82) is 0 Å². The first kappa shape index (κ1) is 15.5. The molecule has 0 bridgehead atoms. The topological polar surface area (TPSA) is 80.8 Å². The number of hydrogen-bond donors (Lipinski definition) is 0. The molecule has 0 spiro atoms. The van der Waals surface area contributed by atoms with E-state index in [1.807, 2.05) is 0 Å². The predicted octanol–water partition coefficient (Wildman–Crippen LogP) is -0.167. The predicted molar refractivity (Wildman–Crippen MR) is 72.6 cm³/mol. The van der Waals surface area contributed by atoms with Gasteiger partial charge in [-0.25, -0.2) is 16.8 Å². The van der Waals surface area contributed by atoms with E-state index in [-0.39, 0.29) is 36.3 Å². The summed E-state index contributed by atoms with van der Waals surface area (Å²) in [6, 6.07) is -0.348. The first-order valence-electron chi connectivity index (χ1n) is 6.21. The minimum atomic E-state index is -3.49. The molecule has 0 aromatic carbocycles. The van der Waals surface area contributed by atoms with Crippen molar-refractivity contribution < 1.29 is 21.6 Å². The van der Waals surface area contributed by atoms with Crippen molar-refractivity contribution in [2.75, 3.05) is 37.1 Å². The molecule has 0 N–H and O–H groups in total. The zero-order chi connectivity index (χ0) is 14.1. The molecule has 2 fully saturated rings. The standard InChI is InChI=1S/C10H18ClNO5S2/c11-7-9-8-17-4-3-12(9)19(15,16)10-1-5-18(13,14)6-2-10/h9-10H,1-8H2. The summed E-state index contributed by atoms with van der Waals surface area (Å²) in [4.78, 5) is 0. The Morgan fingerprint density at radius 3 is 2.47 bits per heavy atom. The second-order valence-corrected chi connectivity index (χ2v) is 9.67. The highest BCUT2D eigenvalue weighted by Gasteiger charge is 2.40. The van der Waals surface area contributed by atoms with E-state index in [9.17, 15) is 16.8 Å². The van der Waals surface area contributed by atoms with Gasteiger partial charge < -0.3 is 4.74 Å². The van der Waals surface area contributed by atoms with Gasteiger partial charge in [0.25, 0.3) is 0 Å². The van der Waals surface area contributed by atoms with E-state index in [2.05, 4.69) is 0 Å². The first-order chi connectivity index (χ1) is 8.87. The summed E-state index contributed by atoms with van der Waals surface area (Å²) < 4.78 is 54.4. The average molecular weight is 332 g/mol. The summed E-state index contributed by atoms with van der Waals surface area (Å²) in [5, 5.41) is -0.611. The molecule has 2 heterocycles. The van der Waals surface area contributed by atoms with Crippen LogP contribution in [0.4, 0.5) is 0 Å². The highest BCUT2D eigenvalue weighted by atomic mass is 35.5. The Morgan fingerprint density at radius 1 is 1.26 bits per heavy atom. The summed E-state index contributed by atoms with van der Waals surface area (Å²) in [5.41, 5.74) is 0. The summed E-state index contributed by atoms with van der Waals surface area (Å²) in [6.45, 7) is 0.953. The first-order valence-corrected chi connectivity index (χ1v) is 10.1. The Kier molecular flexibility index (Phi) is 4.77. The van der Waals surface area contributed by atoms with Gasteiger partial charge >= 0.3 is 0 Å². The lowest BCUT2D eigenvalue weighted by Crippen LogP contribution is -2.53. The lowest BCUT2D eigenvalue weighted by molar-refractivity contribution is 0.0399. The molecule has 1 unspecified atom stereocenters. The molecular formula is C10H18ClNO5S2. The van der Waals surface area contributed by atoms with E-state index in [4.69, 9.17) is 16.3 Å². The van der Waals surface area contributed by atoms with Crippen LogP contribution in [0.2, 0.25) is 0 Å². The van der Waals surface area contributed by atoms with Gasteiger partial charge in [-0.1, -0.05) is 0 Å². The van der Waals surface area contributed by atoms with Crippen LogP contribution in [0.15, 0.2) is 0 Å². The van der Waals surface area contributed by atoms with E-state index in [0.29, 0.717) is 19.8 Å². The lowest BCUT2D eigenvalue weighted by atomic mass is 10.2. The normalized spacial score (nSPS) is 30.3. The van der Waals surface area contributed by atoms with Gasteiger partial charge in [-0.05, 0) is 12.8 Å². The SMILES string of the molecule is O=S1(=O)CCC(S(=O)(=O)N2CCOCC2CCl)CC1. The monoisotopic (exact) mass is 331 g/mol. The molecule has 0 aromatic rings. The summed E-state index contributed by atoms with van der Waals surface area (Å²) in [7, 11) is -6.55. The van der Waals surface area contributed by atoms with Crippen molar-refractivity contribution >= 4 is 31.5 Å². The second kappa shape index (κ2) is 5.85. The third kappa shape index (κ3) is 3.41. The smallest absolute Gasteiger partial charge is 0.217 e. The van der Waals surface area contributed by atoms with Crippen LogP contribution in [0, 0.1) is 0 Å². The van der Waals surface area contributed by atoms with Crippen molar-refractivity contribution in [3.8, 4) is 0 Å². The van der Waals surface area contributed by atoms with Crippen LogP contribution >= 0.6 is 11.6 Å². The van der Waals surface area contributed by atoms with E-state index in [0.717, 1.165) is 0 Å². The van der Waals surface area contributed by atoms with Crippen LogP contribution in [0.1, 0.15) is 12.8 Å². The minimum Gasteiger partial charge on any atom is -0.378 e. The van der Waals surface area contributed by atoms with Crippen LogP contribution in [0.25, 0.3) is 0 Å². The zero-order valence-electron chi connectivity index (χ0n) is 10.5. The number of morpholine rings is 1. The van der Waals surface area contributed by atoms with Gasteiger partial charge in [-0.3, -0.25) is 0 Å². The highest BCUT2D eigenvalue weighted by molar-refractivity contribution is 7.92. The van der Waals surface area contributed by atoms with Crippen molar-refractivity contribution in [2.24, 2.45) is 0 Å². The van der Waals surface area contributed by atoms with Gasteiger partial charge in [0, 0.05) is 12.4 Å². The lowest BCUT2D eigenvalue weighted by Gasteiger charge is -2.36. The third-order valence-electron chi connectivity index (χ3n) is 3.60. The maximum Gasteiger partial charge on any atom is 0.217 e. The Bertz CT molecular complexity index is 504. The Hall–Kier alpha value is 0.110. The van der Waals surface area contributed by atoms with Crippen LogP contribution < -0.4 is 0 Å². The van der Waals surface area contributed by atoms with Gasteiger partial charge in [0.1, 0.15) is 9.84 Å². The number of sulfone groups is 1. The van der Waals surface area contributed by atoms with E-state index in [1.54, 1.807) is 0 Å². The van der Waals surface area contributed by atoms with Crippen LogP contribution in [0.3, 0.4) is 0 Å². The molecule has 2 aliphatic rings. The molecule has 19 heavy (non-hydrogen) atoms. The van der Waals surface area contributed by atoms with E-state index >= 15 is 0 Å². The Morgan fingerprint density at radius 2 is 1.89 bits per heavy atom. The molecule has 1 atom stereocenters.